The minimum atomic E-state index is -0.352. The van der Waals surface area contributed by atoms with Crippen molar-refractivity contribution in [3.05, 3.63) is 65.7 Å². The van der Waals surface area contributed by atoms with Crippen LogP contribution < -0.4 is 4.74 Å². The molecule has 0 amide bonds. The number of benzene rings is 2. The number of ether oxygens (including phenoxy) is 1. The van der Waals surface area contributed by atoms with Crippen molar-refractivity contribution in [2.75, 3.05) is 0 Å². The van der Waals surface area contributed by atoms with E-state index in [0.717, 1.165) is 39.5 Å². The SMILES string of the molecule is CCC=CC(=O)Oc1ccc(-c2ccc(-c3nnc(CCCCC)s3)cc2)cc1. The van der Waals surface area contributed by atoms with E-state index in [0.29, 0.717) is 5.75 Å². The molecule has 0 spiro atoms. The molecule has 1 aromatic heterocycles. The summed E-state index contributed by atoms with van der Waals surface area (Å²) in [6.45, 7) is 4.18. The minimum absolute atomic E-state index is 0.352. The Hall–Kier alpha value is -2.79. The number of allylic oxidation sites excluding steroid dienone is 1. The highest BCUT2D eigenvalue weighted by Gasteiger charge is 2.08. The zero-order valence-electron chi connectivity index (χ0n) is 16.9. The number of carbonyl (C=O) groups is 1. The molecule has 0 atom stereocenters. The maximum absolute atomic E-state index is 11.7. The average molecular weight is 407 g/mol. The van der Waals surface area contributed by atoms with Gasteiger partial charge in [0.25, 0.3) is 0 Å². The molecule has 150 valence electrons. The quantitative estimate of drug-likeness (QED) is 0.177. The molecule has 5 heteroatoms. The van der Waals surface area contributed by atoms with Gasteiger partial charge in [0.2, 0.25) is 0 Å². The summed E-state index contributed by atoms with van der Waals surface area (Å²) in [5.41, 5.74) is 3.25. The third-order valence-corrected chi connectivity index (χ3v) is 5.52. The molecule has 3 aromatic rings. The summed E-state index contributed by atoms with van der Waals surface area (Å²) in [5, 5.41) is 10.7. The number of esters is 1. The van der Waals surface area contributed by atoms with E-state index < -0.39 is 0 Å². The lowest BCUT2D eigenvalue weighted by molar-refractivity contribution is -0.129. The van der Waals surface area contributed by atoms with Gasteiger partial charge in [-0.05, 0) is 36.1 Å². The second kappa shape index (κ2) is 10.7. The number of unbranched alkanes of at least 4 members (excludes halogenated alkanes) is 2. The Labute approximate surface area is 176 Å². The summed E-state index contributed by atoms with van der Waals surface area (Å²) in [7, 11) is 0. The molecule has 0 unspecified atom stereocenters. The van der Waals surface area contributed by atoms with Gasteiger partial charge in [0.1, 0.15) is 15.8 Å². The second-order valence-corrected chi connectivity index (χ2v) is 7.85. The van der Waals surface area contributed by atoms with Crippen molar-refractivity contribution in [3.63, 3.8) is 0 Å². The van der Waals surface area contributed by atoms with E-state index in [9.17, 15) is 4.79 Å². The maximum Gasteiger partial charge on any atom is 0.335 e. The molecule has 29 heavy (non-hydrogen) atoms. The zero-order chi connectivity index (χ0) is 20.5. The highest BCUT2D eigenvalue weighted by molar-refractivity contribution is 7.14. The first-order chi connectivity index (χ1) is 14.2. The number of carbonyl (C=O) groups excluding carboxylic acids is 1. The Balaban J connectivity index is 1.64. The normalized spacial score (nSPS) is 11.1. The molecule has 3 rings (SSSR count). The molecule has 0 saturated carbocycles. The van der Waals surface area contributed by atoms with Crippen LogP contribution in [0.2, 0.25) is 0 Å². The van der Waals surface area contributed by atoms with Gasteiger partial charge in [0.15, 0.2) is 0 Å². The number of hydrogen-bond donors (Lipinski definition) is 0. The van der Waals surface area contributed by atoms with Gasteiger partial charge in [-0.3, -0.25) is 0 Å². The molecular weight excluding hydrogens is 380 g/mol. The monoisotopic (exact) mass is 406 g/mol. The van der Waals surface area contributed by atoms with E-state index in [4.69, 9.17) is 4.74 Å². The van der Waals surface area contributed by atoms with Crippen LogP contribution in [0.25, 0.3) is 21.7 Å². The van der Waals surface area contributed by atoms with Crippen LogP contribution in [-0.2, 0) is 11.2 Å². The van der Waals surface area contributed by atoms with Crippen molar-refractivity contribution in [2.24, 2.45) is 0 Å². The summed E-state index contributed by atoms with van der Waals surface area (Å²) in [5.74, 6) is 0.190. The number of rotatable bonds is 9. The molecule has 0 saturated heterocycles. The lowest BCUT2D eigenvalue weighted by Crippen LogP contribution is -2.03. The van der Waals surface area contributed by atoms with Crippen LogP contribution in [0, 0.1) is 0 Å². The first-order valence-electron chi connectivity index (χ1n) is 10.1. The van der Waals surface area contributed by atoms with Crippen LogP contribution in [0.3, 0.4) is 0 Å². The van der Waals surface area contributed by atoms with E-state index in [1.165, 1.54) is 25.3 Å². The van der Waals surface area contributed by atoms with Crippen molar-refractivity contribution < 1.29 is 9.53 Å². The van der Waals surface area contributed by atoms with Gasteiger partial charge in [-0.15, -0.1) is 10.2 Å². The fraction of sp³-hybridized carbons (Fsp3) is 0.292. The summed E-state index contributed by atoms with van der Waals surface area (Å²) < 4.78 is 5.28. The van der Waals surface area contributed by atoms with E-state index >= 15 is 0 Å². The van der Waals surface area contributed by atoms with Crippen LogP contribution in [0.15, 0.2) is 60.7 Å². The molecule has 4 nitrogen and oxygen atoms in total. The molecule has 2 aromatic carbocycles. The van der Waals surface area contributed by atoms with Crippen molar-refractivity contribution in [2.45, 2.75) is 46.0 Å². The molecule has 0 fully saturated rings. The fourth-order valence-electron chi connectivity index (χ4n) is 2.88. The van der Waals surface area contributed by atoms with E-state index in [-0.39, 0.29) is 5.97 Å². The van der Waals surface area contributed by atoms with Gasteiger partial charge in [0.05, 0.1) is 0 Å². The van der Waals surface area contributed by atoms with E-state index in [1.54, 1.807) is 17.4 Å². The second-order valence-electron chi connectivity index (χ2n) is 6.79. The van der Waals surface area contributed by atoms with Crippen LogP contribution >= 0.6 is 11.3 Å². The Morgan fingerprint density at radius 2 is 1.59 bits per heavy atom. The number of aromatic nitrogens is 2. The molecule has 0 aliphatic rings. The lowest BCUT2D eigenvalue weighted by Gasteiger charge is -2.05. The Kier molecular flexibility index (Phi) is 7.70. The van der Waals surface area contributed by atoms with Gasteiger partial charge in [-0.2, -0.15) is 0 Å². The van der Waals surface area contributed by atoms with E-state index in [1.807, 2.05) is 31.2 Å². The van der Waals surface area contributed by atoms with Crippen molar-refractivity contribution in [1.82, 2.24) is 10.2 Å². The average Bonchev–Trinajstić information content (AvgIpc) is 3.22. The predicted molar refractivity (Wildman–Crippen MR) is 119 cm³/mol. The largest absolute Gasteiger partial charge is 0.423 e. The molecule has 0 N–H and O–H groups in total. The van der Waals surface area contributed by atoms with Gasteiger partial charge >= 0.3 is 5.97 Å². The van der Waals surface area contributed by atoms with Gasteiger partial charge in [-0.25, -0.2) is 4.79 Å². The highest BCUT2D eigenvalue weighted by atomic mass is 32.1. The fourth-order valence-corrected chi connectivity index (χ4v) is 3.77. The first kappa shape index (κ1) is 20.9. The highest BCUT2D eigenvalue weighted by Crippen LogP contribution is 2.28. The van der Waals surface area contributed by atoms with Crippen LogP contribution in [0.4, 0.5) is 0 Å². The third kappa shape index (κ3) is 6.09. The van der Waals surface area contributed by atoms with Gasteiger partial charge in [-0.1, -0.05) is 80.5 Å². The Morgan fingerprint density at radius 1 is 0.931 bits per heavy atom. The Bertz CT molecular complexity index is 944. The predicted octanol–water partition coefficient (Wildman–Crippen LogP) is 6.48. The minimum Gasteiger partial charge on any atom is -0.423 e. The third-order valence-electron chi connectivity index (χ3n) is 4.49. The van der Waals surface area contributed by atoms with Crippen molar-refractivity contribution >= 4 is 17.3 Å². The Morgan fingerprint density at radius 3 is 2.24 bits per heavy atom. The summed E-state index contributed by atoms with van der Waals surface area (Å²) >= 11 is 1.68. The molecule has 1 heterocycles. The smallest absolute Gasteiger partial charge is 0.335 e. The molecular formula is C24H26N2O2S. The molecule has 0 aliphatic carbocycles. The van der Waals surface area contributed by atoms with Gasteiger partial charge < -0.3 is 4.74 Å². The maximum atomic E-state index is 11.7. The molecule has 0 aliphatic heterocycles. The van der Waals surface area contributed by atoms with Gasteiger partial charge in [0, 0.05) is 18.1 Å². The first-order valence-corrected chi connectivity index (χ1v) is 10.9. The zero-order valence-corrected chi connectivity index (χ0v) is 17.7. The summed E-state index contributed by atoms with van der Waals surface area (Å²) in [6, 6.07) is 15.9. The number of hydrogen-bond acceptors (Lipinski definition) is 5. The van der Waals surface area contributed by atoms with Crippen LogP contribution in [-0.4, -0.2) is 16.2 Å². The topological polar surface area (TPSA) is 52.1 Å². The summed E-state index contributed by atoms with van der Waals surface area (Å²) in [4.78, 5) is 11.7. The van der Waals surface area contributed by atoms with Crippen LogP contribution in [0.1, 0.15) is 44.5 Å². The van der Waals surface area contributed by atoms with Crippen molar-refractivity contribution in [1.29, 1.82) is 0 Å². The van der Waals surface area contributed by atoms with Crippen LogP contribution in [0.5, 0.6) is 5.75 Å². The standard InChI is InChI=1S/C24H26N2O2S/c1-3-5-7-8-22-25-26-24(29-22)20-12-10-18(11-13-20)19-14-16-21(17-15-19)28-23(27)9-6-4-2/h6,9-17H,3-5,7-8H2,1-2H3. The van der Waals surface area contributed by atoms with E-state index in [2.05, 4.69) is 41.4 Å². The van der Waals surface area contributed by atoms with Crippen molar-refractivity contribution in [3.8, 4) is 27.4 Å². The lowest BCUT2D eigenvalue weighted by atomic mass is 10.0. The number of aryl methyl sites for hydroxylation is 1. The summed E-state index contributed by atoms with van der Waals surface area (Å²) in [6.07, 6.45) is 8.67. The molecule has 0 radical (unpaired) electrons. The number of nitrogens with zero attached hydrogens (tertiary/aromatic N) is 2. The molecule has 0 bridgehead atoms.